The molecule has 0 amide bonds. The molecule has 0 aliphatic heterocycles. The van der Waals surface area contributed by atoms with E-state index in [2.05, 4.69) is 4.72 Å². The van der Waals surface area contributed by atoms with Crippen LogP contribution in [0.25, 0.3) is 0 Å². The molecular formula is C15H15NO4S2. The Kier molecular flexibility index (Phi) is 4.03. The highest BCUT2D eigenvalue weighted by molar-refractivity contribution is 7.89. The van der Waals surface area contributed by atoms with Gasteiger partial charge in [-0.15, -0.1) is 0 Å². The monoisotopic (exact) mass is 337 g/mol. The van der Waals surface area contributed by atoms with Gasteiger partial charge in [0.1, 0.15) is 0 Å². The van der Waals surface area contributed by atoms with Gasteiger partial charge in [-0.3, -0.25) is 0 Å². The van der Waals surface area contributed by atoms with Crippen LogP contribution in [0.1, 0.15) is 33.5 Å². The SMILES string of the molecule is O=C(O)c1cc2c(c(S(=O)(=O)NCc3ccsc3)c1)CCC2. The lowest BCUT2D eigenvalue weighted by Gasteiger charge is -2.12. The smallest absolute Gasteiger partial charge is 0.335 e. The van der Waals surface area contributed by atoms with Crippen LogP contribution in [-0.2, 0) is 29.4 Å². The molecule has 0 radical (unpaired) electrons. The molecule has 7 heteroatoms. The third-order valence-electron chi connectivity index (χ3n) is 3.76. The number of carboxylic acids is 1. The second-order valence-electron chi connectivity index (χ2n) is 5.23. The summed E-state index contributed by atoms with van der Waals surface area (Å²) < 4.78 is 27.7. The molecule has 2 N–H and O–H groups in total. The number of aryl methyl sites for hydroxylation is 1. The van der Waals surface area contributed by atoms with Gasteiger partial charge in [0, 0.05) is 6.54 Å². The van der Waals surface area contributed by atoms with Gasteiger partial charge in [-0.05, 0) is 64.9 Å². The van der Waals surface area contributed by atoms with Crippen LogP contribution in [0.5, 0.6) is 0 Å². The fraction of sp³-hybridized carbons (Fsp3) is 0.267. The highest BCUT2D eigenvalue weighted by Gasteiger charge is 2.26. The van der Waals surface area contributed by atoms with Crippen molar-refractivity contribution in [3.8, 4) is 0 Å². The van der Waals surface area contributed by atoms with Crippen molar-refractivity contribution >= 4 is 27.3 Å². The minimum absolute atomic E-state index is 0.0246. The number of nitrogens with one attached hydrogen (secondary N) is 1. The number of rotatable bonds is 5. The lowest BCUT2D eigenvalue weighted by molar-refractivity contribution is 0.0696. The van der Waals surface area contributed by atoms with Crippen molar-refractivity contribution in [2.75, 3.05) is 0 Å². The molecule has 5 nitrogen and oxygen atoms in total. The standard InChI is InChI=1S/C15H15NO4S2/c17-15(18)12-6-11-2-1-3-13(11)14(7-12)22(19,20)16-8-10-4-5-21-9-10/h4-7,9,16H,1-3,8H2,(H,17,18). The molecule has 116 valence electrons. The second-order valence-corrected chi connectivity index (χ2v) is 7.74. The lowest BCUT2D eigenvalue weighted by atomic mass is 10.1. The largest absolute Gasteiger partial charge is 0.478 e. The number of thiophene rings is 1. The first-order chi connectivity index (χ1) is 10.5. The third-order valence-corrected chi connectivity index (χ3v) is 5.96. The molecule has 0 fully saturated rings. The van der Waals surface area contributed by atoms with Gasteiger partial charge in [-0.25, -0.2) is 17.9 Å². The Labute approximate surface area is 132 Å². The summed E-state index contributed by atoms with van der Waals surface area (Å²) in [6.45, 7) is 0.206. The van der Waals surface area contributed by atoms with Gasteiger partial charge >= 0.3 is 5.97 Å². The first-order valence-electron chi connectivity index (χ1n) is 6.87. The van der Waals surface area contributed by atoms with Gasteiger partial charge in [0.05, 0.1) is 10.5 Å². The van der Waals surface area contributed by atoms with Gasteiger partial charge < -0.3 is 5.11 Å². The minimum Gasteiger partial charge on any atom is -0.478 e. The molecule has 1 aliphatic carbocycles. The number of sulfonamides is 1. The van der Waals surface area contributed by atoms with Crippen LogP contribution in [0, 0.1) is 0 Å². The number of hydrogen-bond donors (Lipinski definition) is 2. The van der Waals surface area contributed by atoms with Crippen LogP contribution >= 0.6 is 11.3 Å². The Hall–Kier alpha value is -1.70. The number of benzene rings is 1. The molecule has 0 atom stereocenters. The molecular weight excluding hydrogens is 322 g/mol. The van der Waals surface area contributed by atoms with E-state index in [1.54, 1.807) is 6.07 Å². The molecule has 0 saturated heterocycles. The van der Waals surface area contributed by atoms with Crippen molar-refractivity contribution in [1.29, 1.82) is 0 Å². The Bertz CT molecular complexity index is 810. The zero-order chi connectivity index (χ0) is 15.7. The van der Waals surface area contributed by atoms with Crippen molar-refractivity contribution < 1.29 is 18.3 Å². The second kappa shape index (κ2) is 5.83. The van der Waals surface area contributed by atoms with E-state index < -0.39 is 16.0 Å². The zero-order valence-corrected chi connectivity index (χ0v) is 13.3. The van der Waals surface area contributed by atoms with E-state index in [0.717, 1.165) is 29.5 Å². The van der Waals surface area contributed by atoms with E-state index in [1.165, 1.54) is 17.4 Å². The van der Waals surface area contributed by atoms with E-state index in [4.69, 9.17) is 0 Å². The molecule has 1 aromatic heterocycles. The Morgan fingerprint density at radius 1 is 1.32 bits per heavy atom. The normalized spacial score (nSPS) is 14.0. The Morgan fingerprint density at radius 3 is 2.82 bits per heavy atom. The van der Waals surface area contributed by atoms with Gasteiger partial charge in [0.25, 0.3) is 0 Å². The topological polar surface area (TPSA) is 83.5 Å². The van der Waals surface area contributed by atoms with E-state index in [1.807, 2.05) is 16.8 Å². The maximum atomic E-state index is 12.6. The third kappa shape index (κ3) is 2.92. The Morgan fingerprint density at radius 2 is 2.14 bits per heavy atom. The van der Waals surface area contributed by atoms with Gasteiger partial charge in [0.2, 0.25) is 10.0 Å². The van der Waals surface area contributed by atoms with Crippen LogP contribution in [0.3, 0.4) is 0 Å². The summed E-state index contributed by atoms with van der Waals surface area (Å²) in [4.78, 5) is 11.3. The zero-order valence-electron chi connectivity index (χ0n) is 11.7. The van der Waals surface area contributed by atoms with Crippen LogP contribution in [0.4, 0.5) is 0 Å². The van der Waals surface area contributed by atoms with Crippen molar-refractivity contribution in [1.82, 2.24) is 4.72 Å². The maximum absolute atomic E-state index is 12.6. The molecule has 1 aromatic carbocycles. The quantitative estimate of drug-likeness (QED) is 0.877. The number of hydrogen-bond acceptors (Lipinski definition) is 4. The van der Waals surface area contributed by atoms with E-state index in [0.29, 0.717) is 6.42 Å². The number of fused-ring (bicyclic) bond motifs is 1. The first kappa shape index (κ1) is 15.2. The predicted octanol–water partition coefficient (Wildman–Crippen LogP) is 2.41. The summed E-state index contributed by atoms with van der Waals surface area (Å²) in [5, 5.41) is 12.9. The van der Waals surface area contributed by atoms with Crippen molar-refractivity contribution in [2.24, 2.45) is 0 Å². The van der Waals surface area contributed by atoms with Crippen molar-refractivity contribution in [3.05, 3.63) is 51.2 Å². The summed E-state index contributed by atoms with van der Waals surface area (Å²) in [6.07, 6.45) is 2.25. The Balaban J connectivity index is 1.97. The predicted molar refractivity (Wildman–Crippen MR) is 83.8 cm³/mol. The molecule has 0 unspecified atom stereocenters. The van der Waals surface area contributed by atoms with Gasteiger partial charge in [-0.1, -0.05) is 0 Å². The summed E-state index contributed by atoms with van der Waals surface area (Å²) >= 11 is 1.50. The molecule has 2 aromatic rings. The van der Waals surface area contributed by atoms with Crippen molar-refractivity contribution in [2.45, 2.75) is 30.7 Å². The number of carboxylic acid groups (broad SMARTS) is 1. The van der Waals surface area contributed by atoms with Crippen molar-refractivity contribution in [3.63, 3.8) is 0 Å². The molecule has 1 heterocycles. The van der Waals surface area contributed by atoms with Gasteiger partial charge in [0.15, 0.2) is 0 Å². The number of carbonyl (C=O) groups is 1. The number of aromatic carboxylic acids is 1. The van der Waals surface area contributed by atoms with Crippen LogP contribution in [0.2, 0.25) is 0 Å². The fourth-order valence-electron chi connectivity index (χ4n) is 2.68. The van der Waals surface area contributed by atoms with Crippen LogP contribution in [0.15, 0.2) is 33.9 Å². The summed E-state index contributed by atoms with van der Waals surface area (Å²) in [7, 11) is -3.73. The van der Waals surface area contributed by atoms with E-state index >= 15 is 0 Å². The summed E-state index contributed by atoms with van der Waals surface area (Å²) in [6, 6.07) is 4.70. The van der Waals surface area contributed by atoms with Crippen LogP contribution < -0.4 is 4.72 Å². The molecule has 0 spiro atoms. The van der Waals surface area contributed by atoms with E-state index in [-0.39, 0.29) is 17.0 Å². The molecule has 0 bridgehead atoms. The summed E-state index contributed by atoms with van der Waals surface area (Å²) in [5.41, 5.74) is 2.50. The maximum Gasteiger partial charge on any atom is 0.335 e. The minimum atomic E-state index is -3.73. The highest BCUT2D eigenvalue weighted by atomic mass is 32.2. The average molecular weight is 337 g/mol. The highest BCUT2D eigenvalue weighted by Crippen LogP contribution is 2.30. The lowest BCUT2D eigenvalue weighted by Crippen LogP contribution is -2.24. The van der Waals surface area contributed by atoms with Gasteiger partial charge in [-0.2, -0.15) is 11.3 Å². The average Bonchev–Trinajstić information content (AvgIpc) is 3.15. The molecule has 0 saturated carbocycles. The molecule has 3 rings (SSSR count). The van der Waals surface area contributed by atoms with Crippen LogP contribution in [-0.4, -0.2) is 19.5 Å². The molecule has 1 aliphatic rings. The first-order valence-corrected chi connectivity index (χ1v) is 9.30. The molecule has 22 heavy (non-hydrogen) atoms. The fourth-order valence-corrected chi connectivity index (χ4v) is 4.70. The van der Waals surface area contributed by atoms with E-state index in [9.17, 15) is 18.3 Å². The summed E-state index contributed by atoms with van der Waals surface area (Å²) in [5.74, 6) is -1.11.